The molecule has 1 aliphatic carbocycles. The van der Waals surface area contributed by atoms with Gasteiger partial charge in [0.15, 0.2) is 0 Å². The maximum Gasteiger partial charge on any atom is -0.00763 e. The third-order valence-corrected chi connectivity index (χ3v) is 5.31. The molecule has 0 atom stereocenters. The summed E-state index contributed by atoms with van der Waals surface area (Å²) in [5.41, 5.74) is 2.81. The van der Waals surface area contributed by atoms with Crippen LogP contribution in [0, 0.1) is 0 Å². The summed E-state index contributed by atoms with van der Waals surface area (Å²) in [5.74, 6) is 0. The van der Waals surface area contributed by atoms with Gasteiger partial charge in [-0.25, -0.2) is 0 Å². The SMILES string of the molecule is C1=Cc2cccc3cccc(c23)C1.c1ccc2c(c1)ccc1ccccc12. The van der Waals surface area contributed by atoms with Crippen LogP contribution in [0.25, 0.3) is 38.4 Å². The standard InChI is InChI=1S/C14H10.C13H10/c1-3-7-13-11(5-1)9-10-12-6-2-4-8-14(12)13;1-4-10-6-2-8-12-9-3-7-11(5-1)13(10)12/h1-10H;1-8H,9H2. The normalized spacial score (nSPS) is 12.1. The number of allylic oxidation sites excluding steroid dienone is 1. The lowest BCUT2D eigenvalue weighted by Crippen LogP contribution is -1.91. The minimum Gasteiger partial charge on any atom is -0.0795 e. The van der Waals surface area contributed by atoms with Gasteiger partial charge in [-0.1, -0.05) is 109 Å². The van der Waals surface area contributed by atoms with Crippen molar-refractivity contribution in [1.82, 2.24) is 0 Å². The molecule has 0 aromatic heterocycles. The van der Waals surface area contributed by atoms with Crippen LogP contribution < -0.4 is 0 Å². The average molecular weight is 344 g/mol. The summed E-state index contributed by atoms with van der Waals surface area (Å²) in [6.45, 7) is 0. The highest BCUT2D eigenvalue weighted by Gasteiger charge is 2.06. The van der Waals surface area contributed by atoms with Crippen molar-refractivity contribution >= 4 is 38.4 Å². The van der Waals surface area contributed by atoms with Crippen LogP contribution >= 0.6 is 0 Å². The van der Waals surface area contributed by atoms with Crippen LogP contribution in [0.4, 0.5) is 0 Å². The van der Waals surface area contributed by atoms with E-state index in [1.165, 1.54) is 43.4 Å². The van der Waals surface area contributed by atoms with Gasteiger partial charge in [0.25, 0.3) is 0 Å². The Morgan fingerprint density at radius 2 is 1.07 bits per heavy atom. The van der Waals surface area contributed by atoms with Crippen molar-refractivity contribution in [3.8, 4) is 0 Å². The highest BCUT2D eigenvalue weighted by molar-refractivity contribution is 6.07. The number of hydrogen-bond acceptors (Lipinski definition) is 0. The summed E-state index contributed by atoms with van der Waals surface area (Å²) in [6.07, 6.45) is 5.53. The zero-order valence-corrected chi connectivity index (χ0v) is 15.1. The van der Waals surface area contributed by atoms with Gasteiger partial charge in [0.05, 0.1) is 0 Å². The monoisotopic (exact) mass is 344 g/mol. The van der Waals surface area contributed by atoms with Gasteiger partial charge in [-0.3, -0.25) is 0 Å². The lowest BCUT2D eigenvalue weighted by atomic mass is 9.93. The Morgan fingerprint density at radius 3 is 1.78 bits per heavy atom. The summed E-state index contributed by atoms with van der Waals surface area (Å²) < 4.78 is 0. The first-order valence-corrected chi connectivity index (χ1v) is 9.44. The predicted octanol–water partition coefficient (Wildman–Crippen LogP) is 7.40. The number of rotatable bonds is 0. The molecule has 0 spiro atoms. The first kappa shape index (κ1) is 15.8. The molecule has 0 radical (unpaired) electrons. The number of benzene rings is 5. The fourth-order valence-electron chi connectivity index (χ4n) is 4.03. The Labute approximate surface area is 159 Å². The van der Waals surface area contributed by atoms with Crippen molar-refractivity contribution in [3.63, 3.8) is 0 Å². The van der Waals surface area contributed by atoms with Crippen molar-refractivity contribution < 1.29 is 0 Å². The molecule has 0 aliphatic heterocycles. The Bertz CT molecular complexity index is 1230. The lowest BCUT2D eigenvalue weighted by molar-refractivity contribution is 1.29. The van der Waals surface area contributed by atoms with Gasteiger partial charge < -0.3 is 0 Å². The topological polar surface area (TPSA) is 0 Å². The van der Waals surface area contributed by atoms with E-state index in [1.54, 1.807) is 0 Å². The van der Waals surface area contributed by atoms with Gasteiger partial charge >= 0.3 is 0 Å². The predicted molar refractivity (Wildman–Crippen MR) is 118 cm³/mol. The van der Waals surface area contributed by atoms with Crippen molar-refractivity contribution in [2.24, 2.45) is 0 Å². The van der Waals surface area contributed by atoms with Crippen LogP contribution in [0.2, 0.25) is 0 Å². The fraction of sp³-hybridized carbons (Fsp3) is 0.0370. The highest BCUT2D eigenvalue weighted by Crippen LogP contribution is 2.28. The molecule has 0 saturated heterocycles. The largest absolute Gasteiger partial charge is 0.0795 e. The Kier molecular flexibility index (Phi) is 3.95. The molecular weight excluding hydrogens is 324 g/mol. The van der Waals surface area contributed by atoms with Gasteiger partial charge in [0, 0.05) is 0 Å². The quantitative estimate of drug-likeness (QED) is 0.257. The van der Waals surface area contributed by atoms with Gasteiger partial charge in [-0.15, -0.1) is 0 Å². The molecule has 5 aromatic rings. The van der Waals surface area contributed by atoms with Gasteiger partial charge in [0.2, 0.25) is 0 Å². The molecule has 0 nitrogen and oxygen atoms in total. The van der Waals surface area contributed by atoms with E-state index >= 15 is 0 Å². The van der Waals surface area contributed by atoms with E-state index in [9.17, 15) is 0 Å². The van der Waals surface area contributed by atoms with Crippen molar-refractivity contribution in [3.05, 3.63) is 114 Å². The fourth-order valence-corrected chi connectivity index (χ4v) is 4.03. The van der Waals surface area contributed by atoms with Crippen LogP contribution in [0.5, 0.6) is 0 Å². The minimum absolute atomic E-state index is 1.08. The van der Waals surface area contributed by atoms with E-state index < -0.39 is 0 Å². The summed E-state index contributed by atoms with van der Waals surface area (Å²) >= 11 is 0. The maximum atomic E-state index is 2.23. The Morgan fingerprint density at radius 1 is 0.481 bits per heavy atom. The smallest absolute Gasteiger partial charge is 0.00763 e. The third kappa shape index (κ3) is 2.90. The van der Waals surface area contributed by atoms with E-state index in [2.05, 4.69) is 109 Å². The second-order valence-electron chi connectivity index (χ2n) is 6.98. The van der Waals surface area contributed by atoms with E-state index in [-0.39, 0.29) is 0 Å². The maximum absolute atomic E-state index is 2.23. The first-order valence-electron chi connectivity index (χ1n) is 9.44. The molecule has 0 heteroatoms. The lowest BCUT2D eigenvalue weighted by Gasteiger charge is -2.11. The van der Waals surface area contributed by atoms with Gasteiger partial charge in [-0.05, 0) is 49.9 Å². The van der Waals surface area contributed by atoms with E-state index in [4.69, 9.17) is 0 Å². The number of fused-ring (bicyclic) bond motifs is 3. The van der Waals surface area contributed by atoms with Gasteiger partial charge in [-0.2, -0.15) is 0 Å². The molecule has 1 aliphatic rings. The number of hydrogen-bond donors (Lipinski definition) is 0. The van der Waals surface area contributed by atoms with Crippen LogP contribution in [0.1, 0.15) is 11.1 Å². The molecule has 0 unspecified atom stereocenters. The molecular formula is C27H20. The Hall–Kier alpha value is -3.38. The van der Waals surface area contributed by atoms with Gasteiger partial charge in [0.1, 0.15) is 0 Å². The summed E-state index contributed by atoms with van der Waals surface area (Å²) in [6, 6.07) is 34.4. The second-order valence-corrected chi connectivity index (χ2v) is 6.98. The molecule has 27 heavy (non-hydrogen) atoms. The summed E-state index contributed by atoms with van der Waals surface area (Å²) in [4.78, 5) is 0. The van der Waals surface area contributed by atoms with Crippen LogP contribution in [0.3, 0.4) is 0 Å². The zero-order chi connectivity index (χ0) is 18.1. The van der Waals surface area contributed by atoms with Crippen LogP contribution in [-0.2, 0) is 6.42 Å². The van der Waals surface area contributed by atoms with Crippen LogP contribution in [-0.4, -0.2) is 0 Å². The Balaban J connectivity index is 0.000000119. The zero-order valence-electron chi connectivity index (χ0n) is 15.1. The molecule has 128 valence electrons. The van der Waals surface area contributed by atoms with Crippen molar-refractivity contribution in [2.45, 2.75) is 6.42 Å². The molecule has 0 bridgehead atoms. The summed E-state index contributed by atoms with van der Waals surface area (Å²) in [5, 5.41) is 8.10. The molecule has 0 saturated carbocycles. The van der Waals surface area contributed by atoms with E-state index in [0.717, 1.165) is 6.42 Å². The minimum atomic E-state index is 1.08. The van der Waals surface area contributed by atoms with Crippen molar-refractivity contribution in [2.75, 3.05) is 0 Å². The average Bonchev–Trinajstić information content (AvgIpc) is 2.75. The molecule has 0 N–H and O–H groups in total. The molecule has 0 fully saturated rings. The third-order valence-electron chi connectivity index (χ3n) is 5.31. The molecule has 0 amide bonds. The summed E-state index contributed by atoms with van der Waals surface area (Å²) in [7, 11) is 0. The molecule has 5 aromatic carbocycles. The van der Waals surface area contributed by atoms with E-state index in [1.807, 2.05) is 0 Å². The molecule has 6 rings (SSSR count). The molecule has 0 heterocycles. The van der Waals surface area contributed by atoms with Crippen LogP contribution in [0.15, 0.2) is 103 Å². The second kappa shape index (κ2) is 6.74. The van der Waals surface area contributed by atoms with Crippen molar-refractivity contribution in [1.29, 1.82) is 0 Å². The first-order chi connectivity index (χ1) is 13.4. The van der Waals surface area contributed by atoms with E-state index in [0.29, 0.717) is 0 Å². The highest BCUT2D eigenvalue weighted by atomic mass is 14.1.